The van der Waals surface area contributed by atoms with Crippen molar-refractivity contribution in [3.8, 4) is 11.1 Å². The van der Waals surface area contributed by atoms with Crippen LogP contribution in [0.15, 0.2) is 24.7 Å². The minimum atomic E-state index is 0.489. The van der Waals surface area contributed by atoms with Gasteiger partial charge < -0.3 is 11.1 Å². The van der Waals surface area contributed by atoms with Gasteiger partial charge in [-0.25, -0.2) is 4.98 Å². The van der Waals surface area contributed by atoms with Gasteiger partial charge in [0.1, 0.15) is 5.82 Å². The first-order chi connectivity index (χ1) is 11.2. The molecule has 4 rings (SSSR count). The maximum absolute atomic E-state index is 6.18. The van der Waals surface area contributed by atoms with Crippen LogP contribution in [-0.2, 0) is 13.5 Å². The van der Waals surface area contributed by atoms with E-state index < -0.39 is 0 Å². The number of nitrogens with zero attached hydrogens (tertiary/aromatic N) is 5. The lowest BCUT2D eigenvalue weighted by Gasteiger charge is -2.23. The number of anilines is 1. The van der Waals surface area contributed by atoms with Crippen LogP contribution in [0.5, 0.6) is 0 Å². The molecule has 0 radical (unpaired) electrons. The molecular weight excluding hydrogens is 290 g/mol. The van der Waals surface area contributed by atoms with Crippen molar-refractivity contribution >= 4 is 11.5 Å². The van der Waals surface area contributed by atoms with E-state index >= 15 is 0 Å². The minimum Gasteiger partial charge on any atom is -0.384 e. The van der Waals surface area contributed by atoms with Crippen LogP contribution < -0.4 is 11.1 Å². The molecule has 1 fully saturated rings. The Morgan fingerprint density at radius 3 is 2.96 bits per heavy atom. The molecule has 3 aromatic rings. The summed E-state index contributed by atoms with van der Waals surface area (Å²) in [6.07, 6.45) is 10.2. The van der Waals surface area contributed by atoms with Crippen molar-refractivity contribution in [1.29, 1.82) is 0 Å². The van der Waals surface area contributed by atoms with Crippen LogP contribution in [0.3, 0.4) is 0 Å². The SMILES string of the molecule is Cn1cc(-c2cnn3c(N)cc(CC4CCCCN4)nc23)cn1. The van der Waals surface area contributed by atoms with E-state index in [-0.39, 0.29) is 0 Å². The van der Waals surface area contributed by atoms with Gasteiger partial charge >= 0.3 is 0 Å². The van der Waals surface area contributed by atoms with E-state index in [4.69, 9.17) is 10.7 Å². The Labute approximate surface area is 134 Å². The van der Waals surface area contributed by atoms with E-state index in [1.807, 2.05) is 25.5 Å². The molecule has 3 N–H and O–H groups in total. The van der Waals surface area contributed by atoms with Gasteiger partial charge in [-0.15, -0.1) is 0 Å². The number of aryl methyl sites for hydroxylation is 1. The van der Waals surface area contributed by atoms with Gasteiger partial charge in [-0.1, -0.05) is 6.42 Å². The first-order valence-corrected chi connectivity index (χ1v) is 8.06. The number of aromatic nitrogens is 5. The fraction of sp³-hybridized carbons (Fsp3) is 0.438. The highest BCUT2D eigenvalue weighted by atomic mass is 15.3. The van der Waals surface area contributed by atoms with E-state index in [1.165, 1.54) is 19.3 Å². The summed E-state index contributed by atoms with van der Waals surface area (Å²) >= 11 is 0. The zero-order valence-corrected chi connectivity index (χ0v) is 13.2. The number of nitrogen functional groups attached to an aromatic ring is 1. The average Bonchev–Trinajstić information content (AvgIpc) is 3.14. The van der Waals surface area contributed by atoms with Crippen molar-refractivity contribution in [3.63, 3.8) is 0 Å². The zero-order valence-electron chi connectivity index (χ0n) is 13.2. The Hall–Kier alpha value is -2.41. The molecule has 0 saturated carbocycles. The van der Waals surface area contributed by atoms with E-state index in [0.29, 0.717) is 11.9 Å². The molecule has 0 aromatic carbocycles. The van der Waals surface area contributed by atoms with Crippen LogP contribution in [0.2, 0.25) is 0 Å². The molecule has 0 aliphatic carbocycles. The summed E-state index contributed by atoms with van der Waals surface area (Å²) in [5.74, 6) is 0.621. The second-order valence-electron chi connectivity index (χ2n) is 6.22. The van der Waals surface area contributed by atoms with Crippen LogP contribution in [0.25, 0.3) is 16.8 Å². The lowest BCUT2D eigenvalue weighted by atomic mass is 10.0. The third kappa shape index (κ3) is 2.68. The molecule has 1 saturated heterocycles. The van der Waals surface area contributed by atoms with Crippen molar-refractivity contribution in [2.75, 3.05) is 12.3 Å². The van der Waals surface area contributed by atoms with Crippen molar-refractivity contribution in [3.05, 3.63) is 30.4 Å². The minimum absolute atomic E-state index is 0.489. The van der Waals surface area contributed by atoms with Crippen LogP contribution in [0, 0.1) is 0 Å². The number of nitrogens with one attached hydrogen (secondary N) is 1. The molecule has 1 aliphatic rings. The number of nitrogens with two attached hydrogens (primary N) is 1. The van der Waals surface area contributed by atoms with Gasteiger partial charge in [-0.3, -0.25) is 4.68 Å². The van der Waals surface area contributed by atoms with Gasteiger partial charge in [0.2, 0.25) is 0 Å². The standard InChI is InChI=1S/C16H21N7/c1-22-10-11(8-19-22)14-9-20-23-15(17)7-13(21-16(14)23)6-12-4-2-3-5-18-12/h7-10,12,18H,2-6,17H2,1H3. The van der Waals surface area contributed by atoms with Gasteiger partial charge in [-0.05, 0) is 19.4 Å². The molecule has 7 heteroatoms. The summed E-state index contributed by atoms with van der Waals surface area (Å²) in [4.78, 5) is 4.82. The quantitative estimate of drug-likeness (QED) is 0.763. The molecule has 7 nitrogen and oxygen atoms in total. The smallest absolute Gasteiger partial charge is 0.165 e. The van der Waals surface area contributed by atoms with E-state index in [0.717, 1.165) is 35.4 Å². The summed E-state index contributed by atoms with van der Waals surface area (Å²) in [5.41, 5.74) is 9.95. The molecule has 1 aliphatic heterocycles. The van der Waals surface area contributed by atoms with Crippen LogP contribution in [0.1, 0.15) is 25.0 Å². The Morgan fingerprint density at radius 1 is 1.30 bits per heavy atom. The van der Waals surface area contributed by atoms with Crippen LogP contribution in [0.4, 0.5) is 5.82 Å². The van der Waals surface area contributed by atoms with Crippen molar-refractivity contribution < 1.29 is 0 Å². The normalized spacial score (nSPS) is 18.6. The third-order valence-corrected chi connectivity index (χ3v) is 4.44. The predicted octanol–water partition coefficient (Wildman–Crippen LogP) is 1.40. The summed E-state index contributed by atoms with van der Waals surface area (Å²) in [6.45, 7) is 1.09. The molecule has 0 spiro atoms. The van der Waals surface area contributed by atoms with Gasteiger partial charge in [0.25, 0.3) is 0 Å². The van der Waals surface area contributed by atoms with Crippen molar-refractivity contribution in [2.45, 2.75) is 31.7 Å². The first kappa shape index (κ1) is 14.2. The Morgan fingerprint density at radius 2 is 2.22 bits per heavy atom. The maximum atomic E-state index is 6.18. The summed E-state index contributed by atoms with van der Waals surface area (Å²) in [5, 5.41) is 12.2. The van der Waals surface area contributed by atoms with Gasteiger partial charge in [0.15, 0.2) is 5.65 Å². The van der Waals surface area contributed by atoms with Crippen molar-refractivity contribution in [2.24, 2.45) is 7.05 Å². The zero-order chi connectivity index (χ0) is 15.8. The Bertz CT molecular complexity index is 826. The third-order valence-electron chi connectivity index (χ3n) is 4.44. The monoisotopic (exact) mass is 311 g/mol. The highest BCUT2D eigenvalue weighted by Crippen LogP contribution is 2.25. The summed E-state index contributed by atoms with van der Waals surface area (Å²) in [6, 6.07) is 2.42. The second kappa shape index (κ2) is 5.66. The number of hydrogen-bond acceptors (Lipinski definition) is 5. The van der Waals surface area contributed by atoms with E-state index in [2.05, 4.69) is 15.5 Å². The van der Waals surface area contributed by atoms with E-state index in [1.54, 1.807) is 15.4 Å². The fourth-order valence-corrected chi connectivity index (χ4v) is 3.26. The number of hydrogen-bond donors (Lipinski definition) is 2. The topological polar surface area (TPSA) is 86.1 Å². The molecular formula is C16H21N7. The first-order valence-electron chi connectivity index (χ1n) is 8.06. The molecule has 120 valence electrons. The Kier molecular flexibility index (Phi) is 3.49. The second-order valence-corrected chi connectivity index (χ2v) is 6.22. The maximum Gasteiger partial charge on any atom is 0.165 e. The van der Waals surface area contributed by atoms with Gasteiger partial charge in [-0.2, -0.15) is 14.7 Å². The Balaban J connectivity index is 1.72. The number of fused-ring (bicyclic) bond motifs is 1. The lowest BCUT2D eigenvalue weighted by molar-refractivity contribution is 0.397. The molecule has 4 heterocycles. The molecule has 0 amide bonds. The van der Waals surface area contributed by atoms with E-state index in [9.17, 15) is 0 Å². The van der Waals surface area contributed by atoms with Crippen molar-refractivity contribution in [1.82, 2.24) is 29.7 Å². The predicted molar refractivity (Wildman–Crippen MR) is 88.9 cm³/mol. The largest absolute Gasteiger partial charge is 0.384 e. The molecule has 0 bridgehead atoms. The fourth-order valence-electron chi connectivity index (χ4n) is 3.26. The summed E-state index contributed by atoms with van der Waals surface area (Å²) in [7, 11) is 1.90. The highest BCUT2D eigenvalue weighted by molar-refractivity contribution is 5.77. The molecule has 1 atom stereocenters. The van der Waals surface area contributed by atoms with Gasteiger partial charge in [0, 0.05) is 48.6 Å². The van der Waals surface area contributed by atoms with Crippen LogP contribution in [-0.4, -0.2) is 37.0 Å². The van der Waals surface area contributed by atoms with Gasteiger partial charge in [0.05, 0.1) is 12.4 Å². The molecule has 23 heavy (non-hydrogen) atoms. The average molecular weight is 311 g/mol. The lowest BCUT2D eigenvalue weighted by Crippen LogP contribution is -2.35. The highest BCUT2D eigenvalue weighted by Gasteiger charge is 2.17. The molecule has 3 aromatic heterocycles. The summed E-state index contributed by atoms with van der Waals surface area (Å²) < 4.78 is 3.47. The number of rotatable bonds is 3. The van der Waals surface area contributed by atoms with Crippen LogP contribution >= 0.6 is 0 Å². The number of piperidine rings is 1. The molecule has 1 unspecified atom stereocenters.